The van der Waals surface area contributed by atoms with E-state index in [1.807, 2.05) is 0 Å². The van der Waals surface area contributed by atoms with Gasteiger partial charge in [0.2, 0.25) is 0 Å². The summed E-state index contributed by atoms with van der Waals surface area (Å²) in [4.78, 5) is 9.63. The molecule has 0 fully saturated rings. The van der Waals surface area contributed by atoms with Crippen LogP contribution in [-0.4, -0.2) is 25.3 Å². The first-order valence-corrected chi connectivity index (χ1v) is 2.92. The molecule has 60 valence electrons. The SMILES string of the molecule is CC(CF)C(F)C(F)C=O. The fourth-order valence-electron chi connectivity index (χ4n) is 0.474. The van der Waals surface area contributed by atoms with E-state index in [1.54, 1.807) is 0 Å². The molecule has 0 radical (unpaired) electrons. The zero-order chi connectivity index (χ0) is 8.15. The second-order valence-electron chi connectivity index (χ2n) is 2.16. The largest absolute Gasteiger partial charge is 0.300 e. The van der Waals surface area contributed by atoms with Gasteiger partial charge < -0.3 is 0 Å². The molecule has 0 aliphatic rings. The van der Waals surface area contributed by atoms with E-state index >= 15 is 0 Å². The van der Waals surface area contributed by atoms with E-state index in [2.05, 4.69) is 0 Å². The van der Waals surface area contributed by atoms with Crippen molar-refractivity contribution < 1.29 is 18.0 Å². The van der Waals surface area contributed by atoms with Crippen LogP contribution in [0.25, 0.3) is 0 Å². The minimum atomic E-state index is -2.19. The number of hydrogen-bond acceptors (Lipinski definition) is 1. The zero-order valence-corrected chi connectivity index (χ0v) is 5.56. The van der Waals surface area contributed by atoms with Crippen molar-refractivity contribution in [2.75, 3.05) is 6.67 Å². The summed E-state index contributed by atoms with van der Waals surface area (Å²) in [5, 5.41) is 0. The summed E-state index contributed by atoms with van der Waals surface area (Å²) in [5.41, 5.74) is 0. The highest BCUT2D eigenvalue weighted by Crippen LogP contribution is 2.13. The third kappa shape index (κ3) is 2.37. The van der Waals surface area contributed by atoms with Crippen molar-refractivity contribution >= 4 is 6.29 Å². The summed E-state index contributed by atoms with van der Waals surface area (Å²) < 4.78 is 36.0. The van der Waals surface area contributed by atoms with Crippen LogP contribution in [0.3, 0.4) is 0 Å². The van der Waals surface area contributed by atoms with E-state index in [0.29, 0.717) is 0 Å². The average Bonchev–Trinajstić information content (AvgIpc) is 2.00. The fourth-order valence-corrected chi connectivity index (χ4v) is 0.474. The Hall–Kier alpha value is -0.540. The van der Waals surface area contributed by atoms with Crippen LogP contribution in [0, 0.1) is 5.92 Å². The molecule has 4 heteroatoms. The summed E-state index contributed by atoms with van der Waals surface area (Å²) in [6, 6.07) is 0. The Balaban J connectivity index is 3.80. The van der Waals surface area contributed by atoms with Gasteiger partial charge in [-0.15, -0.1) is 0 Å². The average molecular weight is 154 g/mol. The van der Waals surface area contributed by atoms with Gasteiger partial charge in [-0.3, -0.25) is 9.18 Å². The van der Waals surface area contributed by atoms with Crippen LogP contribution in [0.2, 0.25) is 0 Å². The number of carbonyl (C=O) groups excluding carboxylic acids is 1. The van der Waals surface area contributed by atoms with E-state index in [4.69, 9.17) is 0 Å². The van der Waals surface area contributed by atoms with Gasteiger partial charge in [-0.2, -0.15) is 0 Å². The van der Waals surface area contributed by atoms with Crippen molar-refractivity contribution in [3.8, 4) is 0 Å². The lowest BCUT2D eigenvalue weighted by Gasteiger charge is -2.12. The molecule has 0 N–H and O–H groups in total. The molecule has 10 heavy (non-hydrogen) atoms. The maximum atomic E-state index is 12.3. The Labute approximate surface area is 57.2 Å². The Bertz CT molecular complexity index is 107. The molecule has 1 nitrogen and oxygen atoms in total. The Morgan fingerprint density at radius 1 is 1.50 bits per heavy atom. The summed E-state index contributed by atoms with van der Waals surface area (Å²) in [7, 11) is 0. The van der Waals surface area contributed by atoms with Crippen molar-refractivity contribution in [3.05, 3.63) is 0 Å². The Kier molecular flexibility index (Phi) is 4.07. The molecule has 0 spiro atoms. The molecular weight excluding hydrogens is 145 g/mol. The number of aldehydes is 1. The lowest BCUT2D eigenvalue weighted by Crippen LogP contribution is -2.26. The molecule has 0 saturated heterocycles. The van der Waals surface area contributed by atoms with Crippen LogP contribution in [0.15, 0.2) is 0 Å². The van der Waals surface area contributed by atoms with Gasteiger partial charge in [0.25, 0.3) is 0 Å². The molecule has 0 aromatic heterocycles. The van der Waals surface area contributed by atoms with Crippen LogP contribution in [-0.2, 0) is 4.79 Å². The van der Waals surface area contributed by atoms with Gasteiger partial charge in [-0.25, -0.2) is 8.78 Å². The first kappa shape index (κ1) is 9.46. The summed E-state index contributed by atoms with van der Waals surface area (Å²) >= 11 is 0. The molecule has 3 atom stereocenters. The molecule has 0 aromatic rings. The number of carbonyl (C=O) groups is 1. The van der Waals surface area contributed by atoms with Gasteiger partial charge >= 0.3 is 0 Å². The van der Waals surface area contributed by atoms with Crippen LogP contribution in [0.4, 0.5) is 13.2 Å². The van der Waals surface area contributed by atoms with Crippen LogP contribution < -0.4 is 0 Å². The first-order chi connectivity index (χ1) is 4.63. The maximum Gasteiger partial charge on any atom is 0.186 e. The molecule has 0 saturated carbocycles. The highest BCUT2D eigenvalue weighted by Gasteiger charge is 2.25. The van der Waals surface area contributed by atoms with Crippen molar-refractivity contribution in [1.29, 1.82) is 0 Å². The van der Waals surface area contributed by atoms with E-state index < -0.39 is 24.9 Å². The minimum absolute atomic E-state index is 0.156. The van der Waals surface area contributed by atoms with E-state index in [9.17, 15) is 18.0 Å². The summed E-state index contributed by atoms with van der Waals surface area (Å²) in [6.45, 7) is 0.260. The number of rotatable bonds is 4. The lowest BCUT2D eigenvalue weighted by atomic mass is 10.0. The van der Waals surface area contributed by atoms with E-state index in [1.165, 1.54) is 6.92 Å². The normalized spacial score (nSPS) is 19.6. The molecule has 0 rings (SSSR count). The second-order valence-corrected chi connectivity index (χ2v) is 2.16. The Morgan fingerprint density at radius 3 is 2.30 bits per heavy atom. The number of halogens is 3. The standard InChI is InChI=1S/C6H9F3O/c1-4(2-7)6(9)5(8)3-10/h3-6H,2H2,1H3. The number of alkyl halides is 3. The molecule has 0 aromatic carbocycles. The predicted octanol–water partition coefficient (Wildman–Crippen LogP) is 1.47. The zero-order valence-electron chi connectivity index (χ0n) is 5.56. The van der Waals surface area contributed by atoms with Gasteiger partial charge in [0, 0.05) is 5.92 Å². The van der Waals surface area contributed by atoms with Crippen molar-refractivity contribution in [3.63, 3.8) is 0 Å². The third-order valence-corrected chi connectivity index (χ3v) is 1.22. The summed E-state index contributed by atoms with van der Waals surface area (Å²) in [6.07, 6.45) is -4.36. The van der Waals surface area contributed by atoms with Crippen molar-refractivity contribution in [2.24, 2.45) is 5.92 Å². The molecule has 0 amide bonds. The Morgan fingerprint density at radius 2 is 2.00 bits per heavy atom. The summed E-state index contributed by atoms with van der Waals surface area (Å²) in [5.74, 6) is -1.04. The van der Waals surface area contributed by atoms with Gasteiger partial charge in [-0.05, 0) is 0 Å². The molecule has 0 bridgehead atoms. The maximum absolute atomic E-state index is 12.3. The van der Waals surface area contributed by atoms with Crippen LogP contribution in [0.1, 0.15) is 6.92 Å². The molecular formula is C6H9F3O. The van der Waals surface area contributed by atoms with Crippen LogP contribution in [0.5, 0.6) is 0 Å². The monoisotopic (exact) mass is 154 g/mol. The topological polar surface area (TPSA) is 17.1 Å². The second kappa shape index (κ2) is 4.30. The van der Waals surface area contributed by atoms with Gasteiger partial charge in [-0.1, -0.05) is 6.92 Å². The fraction of sp³-hybridized carbons (Fsp3) is 0.833. The van der Waals surface area contributed by atoms with Crippen molar-refractivity contribution in [2.45, 2.75) is 19.3 Å². The highest BCUT2D eigenvalue weighted by molar-refractivity contribution is 5.56. The molecule has 3 unspecified atom stereocenters. The van der Waals surface area contributed by atoms with Crippen molar-refractivity contribution in [1.82, 2.24) is 0 Å². The van der Waals surface area contributed by atoms with E-state index in [0.717, 1.165) is 0 Å². The minimum Gasteiger partial charge on any atom is -0.300 e. The molecule has 0 aliphatic heterocycles. The van der Waals surface area contributed by atoms with E-state index in [-0.39, 0.29) is 6.29 Å². The first-order valence-electron chi connectivity index (χ1n) is 2.92. The highest BCUT2D eigenvalue weighted by atomic mass is 19.2. The molecule has 0 aliphatic carbocycles. The van der Waals surface area contributed by atoms with Gasteiger partial charge in [0.05, 0.1) is 6.67 Å². The third-order valence-electron chi connectivity index (χ3n) is 1.22. The smallest absolute Gasteiger partial charge is 0.186 e. The quantitative estimate of drug-likeness (QED) is 0.560. The number of hydrogen-bond donors (Lipinski definition) is 0. The predicted molar refractivity (Wildman–Crippen MR) is 31.0 cm³/mol. The van der Waals surface area contributed by atoms with Gasteiger partial charge in [0.1, 0.15) is 6.17 Å². The van der Waals surface area contributed by atoms with Crippen LogP contribution >= 0.6 is 0 Å². The molecule has 0 heterocycles. The lowest BCUT2D eigenvalue weighted by molar-refractivity contribution is -0.114. The van der Waals surface area contributed by atoms with Gasteiger partial charge in [0.15, 0.2) is 12.5 Å².